The monoisotopic (exact) mass is 462 g/mol. The summed E-state index contributed by atoms with van der Waals surface area (Å²) in [4.78, 5) is 7.27. The molecular formula is C21H30ClF3N4S. The van der Waals surface area contributed by atoms with E-state index < -0.39 is 17.6 Å². The lowest BCUT2D eigenvalue weighted by Crippen LogP contribution is -2.31. The van der Waals surface area contributed by atoms with Crippen molar-refractivity contribution in [3.63, 3.8) is 0 Å². The van der Waals surface area contributed by atoms with Crippen molar-refractivity contribution < 1.29 is 13.2 Å². The lowest BCUT2D eigenvalue weighted by molar-refractivity contribution is 0.315. The molecule has 0 bridgehead atoms. The third-order valence-electron chi connectivity index (χ3n) is 4.30. The van der Waals surface area contributed by atoms with Crippen molar-refractivity contribution in [2.75, 3.05) is 36.8 Å². The lowest BCUT2D eigenvalue weighted by Gasteiger charge is -2.23. The van der Waals surface area contributed by atoms with Gasteiger partial charge in [0, 0.05) is 25.2 Å². The molecule has 1 saturated heterocycles. The fraction of sp³-hybridized carbons (Fsp3) is 0.476. The summed E-state index contributed by atoms with van der Waals surface area (Å²) in [5.41, 5.74) is 0.347. The number of halogens is 4. The molecule has 1 aromatic heterocycles. The highest BCUT2D eigenvalue weighted by Crippen LogP contribution is 2.38. The van der Waals surface area contributed by atoms with Gasteiger partial charge in [0.25, 0.3) is 0 Å². The molecule has 3 rings (SSSR count). The van der Waals surface area contributed by atoms with Gasteiger partial charge >= 0.3 is 0 Å². The second kappa shape index (κ2) is 12.9. The number of benzene rings is 1. The van der Waals surface area contributed by atoms with Gasteiger partial charge < -0.3 is 14.5 Å². The van der Waals surface area contributed by atoms with Crippen LogP contribution in [-0.4, -0.2) is 43.1 Å². The van der Waals surface area contributed by atoms with Gasteiger partial charge in [-0.05, 0) is 44.6 Å². The van der Waals surface area contributed by atoms with Crippen molar-refractivity contribution in [3.05, 3.63) is 46.9 Å². The second-order valence-electron chi connectivity index (χ2n) is 6.24. The Labute approximate surface area is 186 Å². The zero-order valence-corrected chi connectivity index (χ0v) is 19.8. The van der Waals surface area contributed by atoms with Gasteiger partial charge in [-0.2, -0.15) is 4.39 Å². The minimum absolute atomic E-state index is 0.123. The van der Waals surface area contributed by atoms with Crippen LogP contribution >= 0.6 is 23.5 Å². The van der Waals surface area contributed by atoms with Crippen LogP contribution in [0.25, 0.3) is 0 Å². The number of nitrogens with one attached hydrogen (secondary N) is 1. The van der Waals surface area contributed by atoms with E-state index in [1.54, 1.807) is 0 Å². The normalized spacial score (nSPS) is 15.3. The van der Waals surface area contributed by atoms with Crippen molar-refractivity contribution in [2.24, 2.45) is 0 Å². The summed E-state index contributed by atoms with van der Waals surface area (Å²) in [5, 5.41) is -0.123. The molecule has 0 aliphatic carbocycles. The first kappa shape index (κ1) is 26.4. The highest BCUT2D eigenvalue weighted by Gasteiger charge is 2.28. The van der Waals surface area contributed by atoms with Crippen LogP contribution in [0.15, 0.2) is 29.2 Å². The lowest BCUT2D eigenvalue weighted by atomic mass is 10.2. The highest BCUT2D eigenvalue weighted by molar-refractivity contribution is 8.00. The largest absolute Gasteiger partial charge is 0.369 e. The Hall–Kier alpha value is -1.64. The van der Waals surface area contributed by atoms with E-state index in [9.17, 15) is 13.2 Å². The summed E-state index contributed by atoms with van der Waals surface area (Å²) in [5.74, 6) is -2.11. The molecule has 1 atom stereocenters. The van der Waals surface area contributed by atoms with Crippen LogP contribution < -0.4 is 9.62 Å². The average molecular weight is 463 g/mol. The maximum absolute atomic E-state index is 14.6. The topological polar surface area (TPSA) is 31.4 Å². The Morgan fingerprint density at radius 1 is 1.17 bits per heavy atom. The molecule has 4 nitrogen and oxygen atoms in total. The molecule has 1 aliphatic rings. The predicted octanol–water partition coefficient (Wildman–Crippen LogP) is 6.46. The van der Waals surface area contributed by atoms with E-state index in [1.807, 2.05) is 46.7 Å². The molecule has 0 spiro atoms. The smallest absolute Gasteiger partial charge is 0.214 e. The van der Waals surface area contributed by atoms with Crippen LogP contribution in [0.5, 0.6) is 0 Å². The number of hydrogen-bond donors (Lipinski definition) is 1. The molecule has 1 fully saturated rings. The number of rotatable bonds is 5. The quantitative estimate of drug-likeness (QED) is 0.313. The van der Waals surface area contributed by atoms with Crippen molar-refractivity contribution in [3.8, 4) is 0 Å². The van der Waals surface area contributed by atoms with Crippen LogP contribution in [-0.2, 0) is 0 Å². The predicted molar refractivity (Wildman–Crippen MR) is 122 cm³/mol. The Morgan fingerprint density at radius 2 is 1.83 bits per heavy atom. The van der Waals surface area contributed by atoms with E-state index in [0.29, 0.717) is 36.8 Å². The summed E-state index contributed by atoms with van der Waals surface area (Å²) in [7, 11) is 3.95. The molecule has 0 radical (unpaired) electrons. The van der Waals surface area contributed by atoms with Crippen LogP contribution in [0, 0.1) is 17.6 Å². The van der Waals surface area contributed by atoms with Gasteiger partial charge in [-0.15, -0.1) is 0 Å². The molecule has 2 aromatic rings. The van der Waals surface area contributed by atoms with E-state index >= 15 is 0 Å². The zero-order valence-electron chi connectivity index (χ0n) is 18.3. The van der Waals surface area contributed by atoms with Crippen LogP contribution in [0.4, 0.5) is 24.7 Å². The first-order valence-electron chi connectivity index (χ1n) is 10.0. The summed E-state index contributed by atoms with van der Waals surface area (Å²) in [6, 6.07) is 5.68. The van der Waals surface area contributed by atoms with Gasteiger partial charge in [-0.25, -0.2) is 13.8 Å². The minimum Gasteiger partial charge on any atom is -0.369 e. The van der Waals surface area contributed by atoms with Crippen molar-refractivity contribution in [1.82, 2.24) is 9.88 Å². The average Bonchev–Trinajstić information content (AvgIpc) is 3.24. The second-order valence-corrected chi connectivity index (χ2v) is 7.43. The number of anilines is 2. The molecule has 1 aliphatic heterocycles. The molecule has 1 N–H and O–H groups in total. The number of hydrogen-bond acceptors (Lipinski definition) is 5. The number of likely N-dealkylation sites (N-methyl/N-ethyl adjacent to an activating group) is 1. The molecular weight excluding hydrogens is 433 g/mol. The van der Waals surface area contributed by atoms with Gasteiger partial charge in [0.15, 0.2) is 5.82 Å². The number of nitrogens with zero attached hydrogens (tertiary/aromatic N) is 3. The summed E-state index contributed by atoms with van der Waals surface area (Å²) in [6.07, 6.45) is 0.899. The molecule has 0 amide bonds. The molecule has 9 heteroatoms. The zero-order chi connectivity index (χ0) is 22.8. The molecule has 2 heterocycles. The Bertz CT molecular complexity index is 808. The third-order valence-corrected chi connectivity index (χ3v) is 5.55. The van der Waals surface area contributed by atoms with Crippen LogP contribution in [0.2, 0.25) is 5.02 Å². The molecule has 1 unspecified atom stereocenters. The number of pyridine rings is 1. The van der Waals surface area contributed by atoms with E-state index in [4.69, 9.17) is 11.6 Å². The fourth-order valence-electron chi connectivity index (χ4n) is 2.84. The van der Waals surface area contributed by atoms with Gasteiger partial charge in [-0.3, -0.25) is 0 Å². The maximum atomic E-state index is 14.6. The van der Waals surface area contributed by atoms with E-state index in [0.717, 1.165) is 6.42 Å². The Balaban J connectivity index is 0.00000106. The van der Waals surface area contributed by atoms with Crippen molar-refractivity contribution in [2.45, 2.75) is 45.1 Å². The van der Waals surface area contributed by atoms with Gasteiger partial charge in [-0.1, -0.05) is 45.4 Å². The van der Waals surface area contributed by atoms with Crippen LogP contribution in [0.3, 0.4) is 0 Å². The van der Waals surface area contributed by atoms with E-state index in [1.165, 1.54) is 24.3 Å². The Morgan fingerprint density at radius 3 is 2.40 bits per heavy atom. The van der Waals surface area contributed by atoms with Crippen LogP contribution in [0.1, 0.15) is 34.1 Å². The van der Waals surface area contributed by atoms with Gasteiger partial charge in [0.05, 0.1) is 5.69 Å². The summed E-state index contributed by atoms with van der Waals surface area (Å²) in [6.45, 7) is 9.34. The minimum atomic E-state index is -0.844. The van der Waals surface area contributed by atoms with Crippen molar-refractivity contribution >= 4 is 35.1 Å². The van der Waals surface area contributed by atoms with Gasteiger partial charge in [0.1, 0.15) is 21.6 Å². The Kier molecular flexibility index (Phi) is 11.4. The highest BCUT2D eigenvalue weighted by atomic mass is 35.5. The molecule has 0 saturated carbocycles. The molecule has 30 heavy (non-hydrogen) atoms. The van der Waals surface area contributed by atoms with E-state index in [-0.39, 0.29) is 15.7 Å². The SMILES string of the molecule is CC.CC.CN(C)C1CCN(c2cc(F)c(SNc3cccc(F)n3)c(F)c2Cl)C1. The summed E-state index contributed by atoms with van der Waals surface area (Å²) < 4.78 is 44.9. The fourth-order valence-corrected chi connectivity index (χ4v) is 3.83. The first-order valence-corrected chi connectivity index (χ1v) is 11.2. The van der Waals surface area contributed by atoms with Crippen molar-refractivity contribution in [1.29, 1.82) is 0 Å². The maximum Gasteiger partial charge on any atom is 0.214 e. The van der Waals surface area contributed by atoms with Gasteiger partial charge in [0.2, 0.25) is 5.95 Å². The number of aromatic nitrogens is 1. The van der Waals surface area contributed by atoms with E-state index in [2.05, 4.69) is 14.6 Å². The summed E-state index contributed by atoms with van der Waals surface area (Å²) >= 11 is 6.84. The molecule has 168 valence electrons. The first-order chi connectivity index (χ1) is 14.4. The standard InChI is InChI=1S/C17H18ClF3N4S.2C2H6/c1-24(2)10-6-7-25(9-10)12-8-11(19)17(16(21)15(12)18)26-23-14-5-3-4-13(20)22-14;2*1-2/h3-5,8,10H,6-7,9H2,1-2H3,(H,22,23);2*1-2H3. The molecule has 1 aromatic carbocycles. The third kappa shape index (κ3) is 6.68.